The lowest BCUT2D eigenvalue weighted by molar-refractivity contribution is -0.154. The molecule has 1 atom stereocenters. The first-order valence-electron chi connectivity index (χ1n) is 9.78. The first kappa shape index (κ1) is 26.7. The average Bonchev–Trinajstić information content (AvgIpc) is 3.20. The van der Waals surface area contributed by atoms with Crippen LogP contribution in [0.3, 0.4) is 0 Å². The lowest BCUT2D eigenvalue weighted by atomic mass is 10.1. The molecule has 0 amide bonds. The van der Waals surface area contributed by atoms with Gasteiger partial charge in [-0.2, -0.15) is 13.2 Å². The summed E-state index contributed by atoms with van der Waals surface area (Å²) in [6.45, 7) is 5.27. The molecule has 2 N–H and O–H groups in total. The third-order valence-corrected chi connectivity index (χ3v) is 4.08. The zero-order valence-electron chi connectivity index (χ0n) is 17.0. The van der Waals surface area contributed by atoms with E-state index in [0.29, 0.717) is 43.7 Å². The molecule has 30 heavy (non-hydrogen) atoms. The molecule has 0 saturated carbocycles. The van der Waals surface area contributed by atoms with Crippen LogP contribution in [0.5, 0.6) is 5.88 Å². The van der Waals surface area contributed by atoms with Crippen LogP contribution in [0.2, 0.25) is 0 Å². The number of nitrogens with one attached hydrogen (secondary N) is 2. The molecule has 0 bridgehead atoms. The van der Waals surface area contributed by atoms with Gasteiger partial charge in [-0.25, -0.2) is 9.98 Å². The van der Waals surface area contributed by atoms with Crippen LogP contribution < -0.4 is 15.4 Å². The molecule has 1 fully saturated rings. The minimum Gasteiger partial charge on any atom is -0.468 e. The molecular weight excluding hydrogens is 516 g/mol. The van der Waals surface area contributed by atoms with Gasteiger partial charge >= 0.3 is 6.18 Å². The summed E-state index contributed by atoms with van der Waals surface area (Å²) in [6.07, 6.45) is -1.09. The minimum absolute atomic E-state index is 0. The Hall–Kier alpha value is -1.34. The van der Waals surface area contributed by atoms with Gasteiger partial charge in [-0.3, -0.25) is 0 Å². The fraction of sp³-hybridized carbons (Fsp3) is 0.684. The van der Waals surface area contributed by atoms with Gasteiger partial charge in [-0.05, 0) is 31.4 Å². The second-order valence-corrected chi connectivity index (χ2v) is 6.69. The van der Waals surface area contributed by atoms with Crippen LogP contribution in [0, 0.1) is 5.92 Å². The fourth-order valence-corrected chi connectivity index (χ4v) is 2.64. The number of hydrogen-bond donors (Lipinski definition) is 2. The van der Waals surface area contributed by atoms with Crippen LogP contribution in [-0.4, -0.2) is 63.2 Å². The number of rotatable bonds is 11. The lowest BCUT2D eigenvalue weighted by Gasteiger charge is -2.12. The Morgan fingerprint density at radius 3 is 2.90 bits per heavy atom. The van der Waals surface area contributed by atoms with Crippen molar-refractivity contribution in [2.75, 3.05) is 46.1 Å². The van der Waals surface area contributed by atoms with Crippen molar-refractivity contribution >= 4 is 29.9 Å². The molecule has 11 heteroatoms. The molecule has 0 radical (unpaired) electrons. The van der Waals surface area contributed by atoms with E-state index in [9.17, 15) is 13.2 Å². The minimum atomic E-state index is -4.40. The van der Waals surface area contributed by atoms with Crippen LogP contribution in [0.25, 0.3) is 0 Å². The van der Waals surface area contributed by atoms with Crippen molar-refractivity contribution in [1.29, 1.82) is 0 Å². The third kappa shape index (κ3) is 11.7. The summed E-state index contributed by atoms with van der Waals surface area (Å²) in [6, 6.07) is 3.15. The summed E-state index contributed by atoms with van der Waals surface area (Å²) in [7, 11) is 0. The van der Waals surface area contributed by atoms with Gasteiger partial charge in [0.1, 0.15) is 0 Å². The lowest BCUT2D eigenvalue weighted by Crippen LogP contribution is -2.38. The number of hydrogen-bond acceptors (Lipinski definition) is 5. The molecule has 2 rings (SSSR count). The van der Waals surface area contributed by atoms with Gasteiger partial charge in [0.25, 0.3) is 0 Å². The number of aromatic nitrogens is 1. The molecule has 1 aliphatic heterocycles. The maximum Gasteiger partial charge on any atom is 0.422 e. The highest BCUT2D eigenvalue weighted by Crippen LogP contribution is 2.17. The monoisotopic (exact) mass is 546 g/mol. The molecule has 2 heterocycles. The van der Waals surface area contributed by atoms with Gasteiger partial charge in [-0.1, -0.05) is 0 Å². The topological polar surface area (TPSA) is 77.0 Å². The predicted molar refractivity (Wildman–Crippen MR) is 118 cm³/mol. The highest BCUT2D eigenvalue weighted by atomic mass is 127. The van der Waals surface area contributed by atoms with Gasteiger partial charge in [0.2, 0.25) is 5.88 Å². The molecule has 1 aliphatic rings. The maximum atomic E-state index is 12.2. The number of guanidine groups is 1. The maximum absolute atomic E-state index is 12.2. The van der Waals surface area contributed by atoms with Gasteiger partial charge in [0.15, 0.2) is 12.6 Å². The van der Waals surface area contributed by atoms with Crippen molar-refractivity contribution in [3.63, 3.8) is 0 Å². The normalized spacial score (nSPS) is 16.8. The van der Waals surface area contributed by atoms with E-state index in [2.05, 4.69) is 25.3 Å². The Morgan fingerprint density at radius 1 is 1.37 bits per heavy atom. The van der Waals surface area contributed by atoms with Crippen molar-refractivity contribution in [3.8, 4) is 5.88 Å². The zero-order valence-corrected chi connectivity index (χ0v) is 19.4. The van der Waals surface area contributed by atoms with E-state index >= 15 is 0 Å². The van der Waals surface area contributed by atoms with E-state index in [1.165, 1.54) is 12.3 Å². The Kier molecular flexibility index (Phi) is 13.0. The van der Waals surface area contributed by atoms with Crippen molar-refractivity contribution in [3.05, 3.63) is 23.9 Å². The molecule has 1 unspecified atom stereocenters. The van der Waals surface area contributed by atoms with Crippen LogP contribution in [0.15, 0.2) is 23.3 Å². The highest BCUT2D eigenvalue weighted by molar-refractivity contribution is 14.0. The highest BCUT2D eigenvalue weighted by Gasteiger charge is 2.28. The first-order valence-corrected chi connectivity index (χ1v) is 9.78. The van der Waals surface area contributed by atoms with Crippen molar-refractivity contribution in [1.82, 2.24) is 15.6 Å². The average molecular weight is 546 g/mol. The molecule has 1 saturated heterocycles. The summed E-state index contributed by atoms with van der Waals surface area (Å²) in [4.78, 5) is 8.23. The summed E-state index contributed by atoms with van der Waals surface area (Å²) in [5, 5.41) is 6.35. The number of halogens is 4. The summed E-state index contributed by atoms with van der Waals surface area (Å²) in [5.41, 5.74) is 0.705. The number of nitrogens with zero attached hydrogens (tertiary/aromatic N) is 2. The van der Waals surface area contributed by atoms with E-state index in [4.69, 9.17) is 9.47 Å². The van der Waals surface area contributed by atoms with Crippen LogP contribution in [-0.2, 0) is 16.0 Å². The second-order valence-electron chi connectivity index (χ2n) is 6.69. The molecule has 172 valence electrons. The number of alkyl halides is 3. The van der Waals surface area contributed by atoms with Crippen molar-refractivity contribution in [2.24, 2.45) is 10.9 Å². The second kappa shape index (κ2) is 14.6. The Balaban J connectivity index is 0.00000450. The molecule has 1 aromatic rings. The van der Waals surface area contributed by atoms with Crippen LogP contribution >= 0.6 is 24.0 Å². The summed E-state index contributed by atoms with van der Waals surface area (Å²) >= 11 is 0. The zero-order chi connectivity index (χ0) is 21.0. The van der Waals surface area contributed by atoms with Crippen molar-refractivity contribution < 1.29 is 27.4 Å². The molecule has 1 aromatic heterocycles. The third-order valence-electron chi connectivity index (χ3n) is 4.08. The summed E-state index contributed by atoms with van der Waals surface area (Å²) in [5.74, 6) is 1.07. The summed E-state index contributed by atoms with van der Waals surface area (Å²) < 4.78 is 52.4. The fourth-order valence-electron chi connectivity index (χ4n) is 2.64. The van der Waals surface area contributed by atoms with E-state index in [1.54, 1.807) is 6.07 Å². The van der Waals surface area contributed by atoms with E-state index in [-0.39, 0.29) is 29.9 Å². The number of aliphatic imine (C=N–C) groups is 1. The van der Waals surface area contributed by atoms with Gasteiger partial charge in [-0.15, -0.1) is 24.0 Å². The van der Waals surface area contributed by atoms with Crippen LogP contribution in [0.1, 0.15) is 25.3 Å². The van der Waals surface area contributed by atoms with Crippen LogP contribution in [0.4, 0.5) is 13.2 Å². The van der Waals surface area contributed by atoms with Gasteiger partial charge < -0.3 is 24.8 Å². The smallest absolute Gasteiger partial charge is 0.422 e. The van der Waals surface area contributed by atoms with E-state index < -0.39 is 12.8 Å². The number of ether oxygens (including phenoxy) is 3. The Labute approximate surface area is 192 Å². The number of pyridine rings is 1. The molecule has 0 aromatic carbocycles. The Bertz CT molecular complexity index is 629. The largest absolute Gasteiger partial charge is 0.468 e. The van der Waals surface area contributed by atoms with E-state index in [1.807, 2.05) is 6.92 Å². The van der Waals surface area contributed by atoms with E-state index in [0.717, 1.165) is 32.7 Å². The standard InChI is InChI=1S/C19H29F3N4O3.HI/c1-2-23-18(25-6-3-8-27-12-16-5-9-28-13-16)26-11-15-4-7-24-17(10-15)29-14-19(20,21)22;/h4,7,10,16H,2-3,5-6,8-9,11-14H2,1H3,(H2,23,25,26);1H. The molecular formula is C19H30F3IN4O3. The quantitative estimate of drug-likeness (QED) is 0.192. The Morgan fingerprint density at radius 2 is 2.20 bits per heavy atom. The molecule has 0 aliphatic carbocycles. The predicted octanol–water partition coefficient (Wildman–Crippen LogP) is 3.14. The van der Waals surface area contributed by atoms with Crippen molar-refractivity contribution in [2.45, 2.75) is 32.5 Å². The molecule has 7 nitrogen and oxygen atoms in total. The van der Waals surface area contributed by atoms with Gasteiger partial charge in [0, 0.05) is 44.5 Å². The SMILES string of the molecule is CCNC(=NCc1ccnc(OCC(F)(F)F)c1)NCCCOCC1CCOC1.I. The van der Waals surface area contributed by atoms with Gasteiger partial charge in [0.05, 0.1) is 19.8 Å². The first-order chi connectivity index (χ1) is 14.0. The molecule has 0 spiro atoms.